The number of hydrogen-bond acceptors (Lipinski definition) is 15. The molecule has 0 aliphatic carbocycles. The van der Waals surface area contributed by atoms with Crippen molar-refractivity contribution in [2.75, 3.05) is 39.6 Å². The Morgan fingerprint density at radius 1 is 0.235 bits per heavy atom. The Hall–Kier alpha value is -1.94. The molecular weight excluding hydrogens is 1330 g/mol. The average Bonchev–Trinajstić information content (AvgIpc) is 1.03. The third-order valence-corrected chi connectivity index (χ3v) is 21.5. The Bertz CT molecular complexity index is 1930. The van der Waals surface area contributed by atoms with Gasteiger partial charge in [0.2, 0.25) is 0 Å². The highest BCUT2D eigenvalue weighted by Gasteiger charge is 2.30. The first-order chi connectivity index (χ1) is 49.7. The van der Waals surface area contributed by atoms with Crippen molar-refractivity contribution in [1.82, 2.24) is 0 Å². The Morgan fingerprint density at radius 2 is 0.392 bits per heavy atom. The molecule has 0 fully saturated rings. The molecule has 0 spiro atoms. The molecule has 0 aliphatic heterocycles. The molecule has 0 aromatic rings. The first-order valence-electron chi connectivity index (χ1n) is 43.3. The van der Waals surface area contributed by atoms with Crippen molar-refractivity contribution in [3.05, 3.63) is 0 Å². The summed E-state index contributed by atoms with van der Waals surface area (Å²) in [6.07, 6.45) is 70.6. The molecular formula is C83H162O17P2. The van der Waals surface area contributed by atoms with Crippen LogP contribution in [0.3, 0.4) is 0 Å². The minimum absolute atomic E-state index is 0.109. The van der Waals surface area contributed by atoms with Gasteiger partial charge in [-0.1, -0.05) is 400 Å². The Balaban J connectivity index is 5.26. The van der Waals surface area contributed by atoms with E-state index >= 15 is 0 Å². The molecule has 0 aliphatic rings. The van der Waals surface area contributed by atoms with Crippen molar-refractivity contribution in [3.63, 3.8) is 0 Å². The summed E-state index contributed by atoms with van der Waals surface area (Å²) in [5.74, 6) is -2.10. The van der Waals surface area contributed by atoms with Crippen LogP contribution in [0.1, 0.15) is 451 Å². The molecule has 0 saturated heterocycles. The van der Waals surface area contributed by atoms with Crippen LogP contribution in [0.25, 0.3) is 0 Å². The molecule has 2 unspecified atom stereocenters. The van der Waals surface area contributed by atoms with Crippen molar-refractivity contribution in [1.29, 1.82) is 0 Å². The van der Waals surface area contributed by atoms with Crippen LogP contribution in [0, 0.1) is 0 Å². The van der Waals surface area contributed by atoms with Gasteiger partial charge in [-0.3, -0.25) is 37.3 Å². The lowest BCUT2D eigenvalue weighted by molar-refractivity contribution is -0.161. The van der Waals surface area contributed by atoms with Crippen LogP contribution in [0.5, 0.6) is 0 Å². The average molecular weight is 1490 g/mol. The van der Waals surface area contributed by atoms with Crippen molar-refractivity contribution >= 4 is 39.5 Å². The third kappa shape index (κ3) is 76.3. The molecule has 0 rings (SSSR count). The Morgan fingerprint density at radius 3 is 0.578 bits per heavy atom. The fourth-order valence-corrected chi connectivity index (χ4v) is 14.6. The van der Waals surface area contributed by atoms with E-state index in [1.807, 2.05) is 0 Å². The predicted octanol–water partition coefficient (Wildman–Crippen LogP) is 25.4. The molecule has 0 saturated carbocycles. The van der Waals surface area contributed by atoms with Crippen molar-refractivity contribution in [2.45, 2.75) is 470 Å². The summed E-state index contributed by atoms with van der Waals surface area (Å²) in [4.78, 5) is 73.2. The first kappa shape index (κ1) is 100. The highest BCUT2D eigenvalue weighted by Crippen LogP contribution is 2.45. The lowest BCUT2D eigenvalue weighted by atomic mass is 10.0. The van der Waals surface area contributed by atoms with Gasteiger partial charge in [0.15, 0.2) is 12.2 Å². The zero-order valence-electron chi connectivity index (χ0n) is 66.6. The summed E-state index contributed by atoms with van der Waals surface area (Å²) in [6.45, 7) is 5.05. The van der Waals surface area contributed by atoms with Gasteiger partial charge in [0, 0.05) is 25.7 Å². The van der Waals surface area contributed by atoms with E-state index in [1.165, 1.54) is 283 Å². The number of phosphoric acid groups is 2. The van der Waals surface area contributed by atoms with Crippen LogP contribution in [-0.4, -0.2) is 96.7 Å². The van der Waals surface area contributed by atoms with Crippen molar-refractivity contribution in [3.8, 4) is 0 Å². The molecule has 0 aromatic carbocycles. The molecule has 0 heterocycles. The molecule has 3 N–H and O–H groups in total. The number of aliphatic hydroxyl groups excluding tert-OH is 1. The van der Waals surface area contributed by atoms with Gasteiger partial charge in [0.1, 0.15) is 19.3 Å². The SMILES string of the molecule is CCCCCCCCCCCCCCCCCCCCC(=O)O[C@H](COC(=O)CCCCCCCCCCCCCCCCCC)COP(=O)(O)OC[C@@H](O)COP(=O)(O)OC[C@@H](COC(=O)CCCCCCCCCCCCCCC)OC(=O)CCCCCCCCCCCCCCCCC. The second kappa shape index (κ2) is 77.2. The minimum atomic E-state index is -4.96. The normalized spacial score (nSPS) is 13.8. The fourth-order valence-electron chi connectivity index (χ4n) is 13.0. The molecule has 0 aromatic heterocycles. The zero-order valence-corrected chi connectivity index (χ0v) is 68.4. The third-order valence-electron chi connectivity index (χ3n) is 19.6. The summed E-state index contributed by atoms with van der Waals surface area (Å²) in [5, 5.41) is 10.7. The maximum absolute atomic E-state index is 13.1. The van der Waals surface area contributed by atoms with E-state index in [9.17, 15) is 43.2 Å². The van der Waals surface area contributed by atoms with Crippen LogP contribution in [0.2, 0.25) is 0 Å². The van der Waals surface area contributed by atoms with E-state index in [-0.39, 0.29) is 25.7 Å². The predicted molar refractivity (Wildman–Crippen MR) is 419 cm³/mol. The Labute approximate surface area is 626 Å². The second-order valence-corrected chi connectivity index (χ2v) is 32.8. The highest BCUT2D eigenvalue weighted by molar-refractivity contribution is 7.47. The number of esters is 4. The summed E-state index contributed by atoms with van der Waals surface area (Å²) >= 11 is 0. The quantitative estimate of drug-likeness (QED) is 0.0222. The van der Waals surface area contributed by atoms with E-state index in [2.05, 4.69) is 27.7 Å². The standard InChI is InChI=1S/C83H162O17P2/c1-5-9-13-17-21-25-29-33-36-38-39-42-46-50-54-58-62-66-70-83(88)100-79(74-94-81(86)68-64-60-56-52-48-44-41-37-34-30-26-22-18-14-10-6-2)76-98-102(91,92)96-72-77(84)71-95-101(89,90)97-75-78(73-93-80(85)67-63-59-55-51-47-43-32-28-24-20-16-12-8-4)99-82(87)69-65-61-57-53-49-45-40-35-31-27-23-19-15-11-7-3/h77-79,84H,5-76H2,1-4H3,(H,89,90)(H,91,92)/t77-,78+,79+/m0/s1. The number of ether oxygens (including phenoxy) is 4. The largest absolute Gasteiger partial charge is 0.472 e. The lowest BCUT2D eigenvalue weighted by Crippen LogP contribution is -2.30. The maximum Gasteiger partial charge on any atom is 0.472 e. The van der Waals surface area contributed by atoms with Crippen LogP contribution in [0.4, 0.5) is 0 Å². The highest BCUT2D eigenvalue weighted by atomic mass is 31.2. The molecule has 102 heavy (non-hydrogen) atoms. The van der Waals surface area contributed by atoms with Gasteiger partial charge in [-0.15, -0.1) is 0 Å². The summed E-state index contributed by atoms with van der Waals surface area (Å²) in [6, 6.07) is 0. The number of hydrogen-bond donors (Lipinski definition) is 3. The van der Waals surface area contributed by atoms with Crippen LogP contribution in [-0.2, 0) is 65.4 Å². The first-order valence-corrected chi connectivity index (χ1v) is 46.3. The zero-order chi connectivity index (χ0) is 74.6. The number of carbonyl (C=O) groups is 4. The molecule has 606 valence electrons. The number of carbonyl (C=O) groups excluding carboxylic acids is 4. The summed E-state index contributed by atoms with van der Waals surface area (Å²) in [5.41, 5.74) is 0. The fraction of sp³-hybridized carbons (Fsp3) is 0.952. The van der Waals surface area contributed by atoms with Gasteiger partial charge in [0.05, 0.1) is 26.4 Å². The van der Waals surface area contributed by atoms with E-state index in [4.69, 9.17) is 37.0 Å². The van der Waals surface area contributed by atoms with E-state index in [0.717, 1.165) is 89.9 Å². The topological polar surface area (TPSA) is 237 Å². The molecule has 0 amide bonds. The van der Waals surface area contributed by atoms with Gasteiger partial charge in [-0.25, -0.2) is 9.13 Å². The van der Waals surface area contributed by atoms with Gasteiger partial charge >= 0.3 is 39.5 Å². The molecule has 0 bridgehead atoms. The number of rotatable bonds is 84. The van der Waals surface area contributed by atoms with Gasteiger partial charge in [-0.2, -0.15) is 0 Å². The van der Waals surface area contributed by atoms with Gasteiger partial charge in [0.25, 0.3) is 0 Å². The molecule has 19 heteroatoms. The smallest absolute Gasteiger partial charge is 0.462 e. The van der Waals surface area contributed by atoms with E-state index in [1.54, 1.807) is 0 Å². The van der Waals surface area contributed by atoms with Crippen LogP contribution in [0.15, 0.2) is 0 Å². The van der Waals surface area contributed by atoms with Crippen LogP contribution < -0.4 is 0 Å². The monoisotopic (exact) mass is 1490 g/mol. The van der Waals surface area contributed by atoms with Crippen molar-refractivity contribution in [2.24, 2.45) is 0 Å². The van der Waals surface area contributed by atoms with Gasteiger partial charge < -0.3 is 33.8 Å². The second-order valence-electron chi connectivity index (χ2n) is 29.9. The molecule has 17 nitrogen and oxygen atoms in total. The van der Waals surface area contributed by atoms with E-state index < -0.39 is 97.5 Å². The number of unbranched alkanes of at least 4 members (excludes halogenated alkanes) is 58. The summed E-state index contributed by atoms with van der Waals surface area (Å²) in [7, 11) is -9.92. The maximum atomic E-state index is 13.1. The van der Waals surface area contributed by atoms with Gasteiger partial charge in [-0.05, 0) is 25.7 Å². The van der Waals surface area contributed by atoms with Crippen molar-refractivity contribution < 1.29 is 80.2 Å². The number of aliphatic hydroxyl groups is 1. The van der Waals surface area contributed by atoms with E-state index in [0.29, 0.717) is 25.7 Å². The van der Waals surface area contributed by atoms with Crippen LogP contribution >= 0.6 is 15.6 Å². The molecule has 5 atom stereocenters. The molecule has 0 radical (unpaired) electrons. The number of phosphoric ester groups is 2. The minimum Gasteiger partial charge on any atom is -0.462 e. The Kier molecular flexibility index (Phi) is 75.8. The lowest BCUT2D eigenvalue weighted by Gasteiger charge is -2.21. The summed E-state index contributed by atoms with van der Waals surface area (Å²) < 4.78 is 68.8.